The van der Waals surface area contributed by atoms with Gasteiger partial charge in [0.15, 0.2) is 12.5 Å². The molecular formula is C23H22N2O7. The van der Waals surface area contributed by atoms with Crippen LogP contribution in [0.1, 0.15) is 33.2 Å². The Morgan fingerprint density at radius 1 is 0.844 bits per heavy atom. The maximum atomic E-state index is 13.0. The molecule has 0 radical (unpaired) electrons. The number of imide groups is 2. The first-order valence-corrected chi connectivity index (χ1v) is 9.81. The number of esters is 1. The molecule has 9 nitrogen and oxygen atoms in total. The fraction of sp³-hybridized carbons (Fsp3) is 0.261. The Kier molecular flexibility index (Phi) is 7.11. The van der Waals surface area contributed by atoms with Crippen molar-refractivity contribution in [2.45, 2.75) is 13.3 Å². The topological polar surface area (TPSA) is 110 Å². The van der Waals surface area contributed by atoms with Crippen LogP contribution in [0.2, 0.25) is 0 Å². The molecule has 1 atom stereocenters. The van der Waals surface area contributed by atoms with Crippen LogP contribution >= 0.6 is 0 Å². The van der Waals surface area contributed by atoms with E-state index in [1.807, 2.05) is 6.07 Å². The molecule has 1 heterocycles. The van der Waals surface area contributed by atoms with Gasteiger partial charge in [0.2, 0.25) is 11.8 Å². The fourth-order valence-electron chi connectivity index (χ4n) is 3.25. The van der Waals surface area contributed by atoms with E-state index >= 15 is 0 Å². The average molecular weight is 438 g/mol. The molecule has 166 valence electrons. The molecule has 1 saturated heterocycles. The minimum atomic E-state index is -1.15. The molecule has 2 aromatic rings. The number of Topliss-reactive ketones (excluding diaryl/α,β-unsaturated/α-hetero) is 1. The molecule has 0 N–H and O–H groups in total. The quantitative estimate of drug-likeness (QED) is 0.353. The standard InChI is InChI=1S/C23H22N2O7/c1-15(26)17-8-10-18(11-9-17)22(29)32-14-25-21(28)19(12-16-6-4-3-5-7-16)20(27)24(13-31-2)23(25)30/h3-11,19H,12-14H2,1-2H3. The largest absolute Gasteiger partial charge is 0.440 e. The highest BCUT2D eigenvalue weighted by Gasteiger charge is 2.46. The molecule has 1 fully saturated rings. The van der Waals surface area contributed by atoms with Crippen molar-refractivity contribution in [3.8, 4) is 0 Å². The number of nitrogens with zero attached hydrogens (tertiary/aromatic N) is 2. The Morgan fingerprint density at radius 2 is 1.41 bits per heavy atom. The van der Waals surface area contributed by atoms with E-state index in [0.717, 1.165) is 15.4 Å². The normalized spacial score (nSPS) is 16.3. The fourth-order valence-corrected chi connectivity index (χ4v) is 3.25. The van der Waals surface area contributed by atoms with Gasteiger partial charge in [-0.15, -0.1) is 0 Å². The van der Waals surface area contributed by atoms with Crippen molar-refractivity contribution >= 4 is 29.6 Å². The van der Waals surface area contributed by atoms with Gasteiger partial charge in [-0.3, -0.25) is 14.4 Å². The van der Waals surface area contributed by atoms with Crippen molar-refractivity contribution in [2.75, 3.05) is 20.6 Å². The molecule has 4 amide bonds. The third kappa shape index (κ3) is 4.89. The summed E-state index contributed by atoms with van der Waals surface area (Å²) in [7, 11) is 1.32. The summed E-state index contributed by atoms with van der Waals surface area (Å²) in [5.74, 6) is -3.51. The number of carbonyl (C=O) groups is 5. The lowest BCUT2D eigenvalue weighted by atomic mass is 9.95. The number of amides is 4. The van der Waals surface area contributed by atoms with Crippen LogP contribution in [-0.4, -0.2) is 60.0 Å². The Hall–Kier alpha value is -3.85. The zero-order valence-corrected chi connectivity index (χ0v) is 17.6. The van der Waals surface area contributed by atoms with Gasteiger partial charge in [0.05, 0.1) is 5.56 Å². The SMILES string of the molecule is COCN1C(=O)C(Cc2ccccc2)C(=O)N(COC(=O)c2ccc(C(C)=O)cc2)C1=O. The maximum Gasteiger partial charge on any atom is 0.339 e. The molecule has 0 spiro atoms. The molecule has 2 aromatic carbocycles. The number of rotatable bonds is 8. The average Bonchev–Trinajstić information content (AvgIpc) is 2.80. The second-order valence-electron chi connectivity index (χ2n) is 7.17. The third-order valence-electron chi connectivity index (χ3n) is 4.98. The van der Waals surface area contributed by atoms with Gasteiger partial charge in [-0.1, -0.05) is 42.5 Å². The molecule has 0 saturated carbocycles. The van der Waals surface area contributed by atoms with Gasteiger partial charge in [0.1, 0.15) is 12.6 Å². The second kappa shape index (κ2) is 9.97. The van der Waals surface area contributed by atoms with Crippen LogP contribution in [-0.2, 0) is 25.5 Å². The molecule has 0 aromatic heterocycles. The Bertz CT molecular complexity index is 1030. The highest BCUT2D eigenvalue weighted by molar-refractivity contribution is 6.16. The van der Waals surface area contributed by atoms with Gasteiger partial charge in [-0.2, -0.15) is 0 Å². The summed E-state index contributed by atoms with van der Waals surface area (Å²) in [5.41, 5.74) is 1.33. The zero-order valence-electron chi connectivity index (χ0n) is 17.6. The van der Waals surface area contributed by atoms with E-state index in [2.05, 4.69) is 0 Å². The Balaban J connectivity index is 1.76. The van der Waals surface area contributed by atoms with Gasteiger partial charge in [0, 0.05) is 12.7 Å². The predicted octanol–water partition coefficient (Wildman–Crippen LogP) is 2.26. The first kappa shape index (κ1) is 22.8. The van der Waals surface area contributed by atoms with E-state index in [0.29, 0.717) is 5.56 Å². The number of barbiturate groups is 1. The first-order valence-electron chi connectivity index (χ1n) is 9.81. The number of ether oxygens (including phenoxy) is 2. The van der Waals surface area contributed by atoms with Crippen LogP contribution in [0.5, 0.6) is 0 Å². The number of hydrogen-bond acceptors (Lipinski definition) is 7. The highest BCUT2D eigenvalue weighted by atomic mass is 16.5. The molecule has 32 heavy (non-hydrogen) atoms. The minimum absolute atomic E-state index is 0.0863. The summed E-state index contributed by atoms with van der Waals surface area (Å²) < 4.78 is 10.1. The zero-order chi connectivity index (χ0) is 23.3. The van der Waals surface area contributed by atoms with Crippen LogP contribution in [0, 0.1) is 5.92 Å². The van der Waals surface area contributed by atoms with E-state index in [1.165, 1.54) is 38.3 Å². The summed E-state index contributed by atoms with van der Waals surface area (Å²) in [6.45, 7) is 0.400. The summed E-state index contributed by atoms with van der Waals surface area (Å²) in [6.07, 6.45) is 0.0863. The summed E-state index contributed by atoms with van der Waals surface area (Å²) in [4.78, 5) is 63.7. The van der Waals surface area contributed by atoms with Gasteiger partial charge in [-0.05, 0) is 31.0 Å². The lowest BCUT2D eigenvalue weighted by molar-refractivity contribution is -0.154. The van der Waals surface area contributed by atoms with Crippen LogP contribution < -0.4 is 0 Å². The van der Waals surface area contributed by atoms with Crippen LogP contribution in [0.4, 0.5) is 4.79 Å². The molecule has 0 bridgehead atoms. The van der Waals surface area contributed by atoms with Crippen LogP contribution in [0.15, 0.2) is 54.6 Å². The Morgan fingerprint density at radius 3 is 1.97 bits per heavy atom. The van der Waals surface area contributed by atoms with Crippen LogP contribution in [0.3, 0.4) is 0 Å². The third-order valence-corrected chi connectivity index (χ3v) is 4.98. The molecule has 1 unspecified atom stereocenters. The number of benzene rings is 2. The molecular weight excluding hydrogens is 416 g/mol. The molecule has 1 aliphatic heterocycles. The Labute approximate surface area is 184 Å². The van der Waals surface area contributed by atoms with E-state index in [-0.39, 0.29) is 24.5 Å². The summed E-state index contributed by atoms with van der Waals surface area (Å²) >= 11 is 0. The van der Waals surface area contributed by atoms with E-state index in [9.17, 15) is 24.0 Å². The number of methoxy groups -OCH3 is 1. The molecule has 3 rings (SSSR count). The number of ketones is 1. The lowest BCUT2D eigenvalue weighted by Crippen LogP contribution is -2.61. The number of urea groups is 1. The smallest absolute Gasteiger partial charge is 0.339 e. The van der Waals surface area contributed by atoms with Crippen molar-refractivity contribution in [3.05, 3.63) is 71.3 Å². The van der Waals surface area contributed by atoms with Crippen molar-refractivity contribution in [1.29, 1.82) is 0 Å². The summed E-state index contributed by atoms with van der Waals surface area (Å²) in [5, 5.41) is 0. The van der Waals surface area contributed by atoms with Gasteiger partial charge in [-0.25, -0.2) is 19.4 Å². The highest BCUT2D eigenvalue weighted by Crippen LogP contribution is 2.22. The van der Waals surface area contributed by atoms with Crippen molar-refractivity contribution in [3.63, 3.8) is 0 Å². The molecule has 9 heteroatoms. The van der Waals surface area contributed by atoms with Crippen molar-refractivity contribution < 1.29 is 33.4 Å². The molecule has 0 aliphatic carbocycles. The second-order valence-corrected chi connectivity index (χ2v) is 7.17. The van der Waals surface area contributed by atoms with Crippen LogP contribution in [0.25, 0.3) is 0 Å². The molecule has 1 aliphatic rings. The van der Waals surface area contributed by atoms with E-state index < -0.39 is 36.5 Å². The van der Waals surface area contributed by atoms with E-state index in [4.69, 9.17) is 9.47 Å². The number of hydrogen-bond donors (Lipinski definition) is 0. The summed E-state index contributed by atoms with van der Waals surface area (Å²) in [6, 6.07) is 13.8. The first-order chi connectivity index (χ1) is 15.3. The van der Waals surface area contributed by atoms with E-state index in [1.54, 1.807) is 24.3 Å². The monoisotopic (exact) mass is 438 g/mol. The predicted molar refractivity (Wildman–Crippen MR) is 111 cm³/mol. The van der Waals surface area contributed by atoms with Gasteiger partial charge < -0.3 is 9.47 Å². The van der Waals surface area contributed by atoms with Gasteiger partial charge >= 0.3 is 12.0 Å². The van der Waals surface area contributed by atoms with Crippen molar-refractivity contribution in [1.82, 2.24) is 9.80 Å². The van der Waals surface area contributed by atoms with Gasteiger partial charge in [0.25, 0.3) is 0 Å². The lowest BCUT2D eigenvalue weighted by Gasteiger charge is -2.36. The van der Waals surface area contributed by atoms with Crippen molar-refractivity contribution in [2.24, 2.45) is 5.92 Å². The maximum absolute atomic E-state index is 13.0. The minimum Gasteiger partial charge on any atom is -0.440 e. The number of carbonyl (C=O) groups excluding carboxylic acids is 5.